The average Bonchev–Trinajstić information content (AvgIpc) is 2.93. The Morgan fingerprint density at radius 3 is 3.00 bits per heavy atom. The molecule has 1 aromatic carbocycles. The van der Waals surface area contributed by atoms with E-state index >= 15 is 0 Å². The molecule has 1 aromatic heterocycles. The second kappa shape index (κ2) is 6.86. The van der Waals surface area contributed by atoms with Crippen LogP contribution in [0.3, 0.4) is 0 Å². The van der Waals surface area contributed by atoms with Crippen molar-refractivity contribution in [1.82, 2.24) is 5.43 Å². The minimum absolute atomic E-state index is 0.0495. The van der Waals surface area contributed by atoms with E-state index in [4.69, 9.17) is 4.74 Å². The van der Waals surface area contributed by atoms with Gasteiger partial charge in [0.25, 0.3) is 5.91 Å². The Morgan fingerprint density at radius 2 is 2.25 bits per heavy atom. The van der Waals surface area contributed by atoms with E-state index in [-0.39, 0.29) is 12.5 Å². The van der Waals surface area contributed by atoms with Crippen LogP contribution in [0.2, 0.25) is 0 Å². The molecular formula is C15H16N2O2S. The van der Waals surface area contributed by atoms with Crippen LogP contribution in [-0.2, 0) is 4.79 Å². The molecule has 20 heavy (non-hydrogen) atoms. The number of aryl methyl sites for hydroxylation is 2. The first-order valence-corrected chi connectivity index (χ1v) is 7.08. The summed E-state index contributed by atoms with van der Waals surface area (Å²) in [6.07, 6.45) is 1.61. The van der Waals surface area contributed by atoms with Gasteiger partial charge in [0.2, 0.25) is 0 Å². The third kappa shape index (κ3) is 4.20. The first-order chi connectivity index (χ1) is 9.65. The van der Waals surface area contributed by atoms with Crippen molar-refractivity contribution < 1.29 is 9.53 Å². The highest BCUT2D eigenvalue weighted by Crippen LogP contribution is 2.18. The maximum atomic E-state index is 11.6. The highest BCUT2D eigenvalue weighted by Gasteiger charge is 2.04. The Kier molecular flexibility index (Phi) is 4.90. The third-order valence-corrected chi connectivity index (χ3v) is 3.43. The van der Waals surface area contributed by atoms with Gasteiger partial charge in [-0.3, -0.25) is 4.79 Å². The molecule has 1 heterocycles. The Morgan fingerprint density at radius 1 is 1.40 bits per heavy atom. The van der Waals surface area contributed by atoms with Crippen LogP contribution in [0.1, 0.15) is 16.0 Å². The minimum atomic E-state index is -0.279. The first-order valence-electron chi connectivity index (χ1n) is 6.20. The van der Waals surface area contributed by atoms with Crippen molar-refractivity contribution in [3.05, 3.63) is 51.7 Å². The number of benzene rings is 1. The monoisotopic (exact) mass is 288 g/mol. The van der Waals surface area contributed by atoms with Gasteiger partial charge in [-0.1, -0.05) is 18.2 Å². The molecule has 2 aromatic rings. The van der Waals surface area contributed by atoms with Gasteiger partial charge in [-0.2, -0.15) is 5.10 Å². The van der Waals surface area contributed by atoms with Gasteiger partial charge in [-0.25, -0.2) is 5.43 Å². The SMILES string of the molecule is Cc1ccc(C)c(OCC(=O)N/N=C\c2cccs2)c1. The standard InChI is InChI=1S/C15H16N2O2S/c1-11-5-6-12(2)14(8-11)19-10-15(18)17-16-9-13-4-3-7-20-13/h3-9H,10H2,1-2H3,(H,17,18)/b16-9-. The molecule has 0 atom stereocenters. The fourth-order valence-corrected chi connectivity index (χ4v) is 2.16. The zero-order chi connectivity index (χ0) is 14.4. The molecule has 1 N–H and O–H groups in total. The van der Waals surface area contributed by atoms with Crippen molar-refractivity contribution in [1.29, 1.82) is 0 Å². The van der Waals surface area contributed by atoms with Gasteiger partial charge in [0.15, 0.2) is 6.61 Å². The van der Waals surface area contributed by atoms with Crippen LogP contribution in [-0.4, -0.2) is 18.7 Å². The molecule has 0 aliphatic rings. The summed E-state index contributed by atoms with van der Waals surface area (Å²) in [6, 6.07) is 9.74. The lowest BCUT2D eigenvalue weighted by Gasteiger charge is -2.08. The zero-order valence-corrected chi connectivity index (χ0v) is 12.2. The van der Waals surface area contributed by atoms with Gasteiger partial charge in [0.1, 0.15) is 5.75 Å². The number of hydrogen-bond acceptors (Lipinski definition) is 4. The summed E-state index contributed by atoms with van der Waals surface area (Å²) in [5.41, 5.74) is 4.54. The summed E-state index contributed by atoms with van der Waals surface area (Å²) in [6.45, 7) is 3.88. The summed E-state index contributed by atoms with van der Waals surface area (Å²) in [4.78, 5) is 12.6. The van der Waals surface area contributed by atoms with Crippen LogP contribution >= 0.6 is 11.3 Å². The number of carbonyl (C=O) groups is 1. The van der Waals surface area contributed by atoms with E-state index in [2.05, 4.69) is 10.5 Å². The molecule has 1 amide bonds. The van der Waals surface area contributed by atoms with E-state index in [1.165, 1.54) is 0 Å². The van der Waals surface area contributed by atoms with Gasteiger partial charge < -0.3 is 4.74 Å². The lowest BCUT2D eigenvalue weighted by Crippen LogP contribution is -2.24. The van der Waals surface area contributed by atoms with Crippen molar-refractivity contribution in [2.45, 2.75) is 13.8 Å². The summed E-state index contributed by atoms with van der Waals surface area (Å²) >= 11 is 1.56. The Balaban J connectivity index is 1.82. The third-order valence-electron chi connectivity index (χ3n) is 2.63. The Labute approximate surface area is 122 Å². The molecule has 0 fully saturated rings. The summed E-state index contributed by atoms with van der Waals surface area (Å²) < 4.78 is 5.48. The number of thiophene rings is 1. The van der Waals surface area contributed by atoms with Crippen molar-refractivity contribution in [2.75, 3.05) is 6.61 Å². The lowest BCUT2D eigenvalue weighted by molar-refractivity contribution is -0.123. The van der Waals surface area contributed by atoms with E-state index < -0.39 is 0 Å². The Hall–Kier alpha value is -2.14. The minimum Gasteiger partial charge on any atom is -0.483 e. The molecule has 0 radical (unpaired) electrons. The number of hydrogen-bond donors (Lipinski definition) is 1. The second-order valence-corrected chi connectivity index (χ2v) is 5.35. The highest BCUT2D eigenvalue weighted by atomic mass is 32.1. The summed E-state index contributed by atoms with van der Waals surface area (Å²) in [5, 5.41) is 5.82. The normalized spacial score (nSPS) is 10.7. The molecule has 4 nitrogen and oxygen atoms in total. The molecule has 0 bridgehead atoms. The van der Waals surface area contributed by atoms with Gasteiger partial charge in [0.05, 0.1) is 6.21 Å². The topological polar surface area (TPSA) is 50.7 Å². The van der Waals surface area contributed by atoms with Gasteiger partial charge >= 0.3 is 0 Å². The smallest absolute Gasteiger partial charge is 0.277 e. The predicted octanol–water partition coefficient (Wildman–Crippen LogP) is 2.89. The molecule has 5 heteroatoms. The van der Waals surface area contributed by atoms with Crippen LogP contribution < -0.4 is 10.2 Å². The number of nitrogens with one attached hydrogen (secondary N) is 1. The maximum Gasteiger partial charge on any atom is 0.277 e. The van der Waals surface area contributed by atoms with Crippen LogP contribution in [0.5, 0.6) is 5.75 Å². The number of rotatable bonds is 5. The van der Waals surface area contributed by atoms with Crippen molar-refractivity contribution in [3.8, 4) is 5.75 Å². The van der Waals surface area contributed by atoms with E-state index in [0.717, 1.165) is 21.8 Å². The fraction of sp³-hybridized carbons (Fsp3) is 0.200. The summed E-state index contributed by atoms with van der Waals surface area (Å²) in [5.74, 6) is 0.445. The molecule has 104 valence electrons. The highest BCUT2D eigenvalue weighted by molar-refractivity contribution is 7.11. The van der Waals surface area contributed by atoms with Gasteiger partial charge in [-0.05, 0) is 42.5 Å². The van der Waals surface area contributed by atoms with Crippen molar-refractivity contribution >= 4 is 23.5 Å². The maximum absolute atomic E-state index is 11.6. The van der Waals surface area contributed by atoms with Crippen molar-refractivity contribution in [2.24, 2.45) is 5.10 Å². The molecule has 0 unspecified atom stereocenters. The van der Waals surface area contributed by atoms with Crippen LogP contribution in [0, 0.1) is 13.8 Å². The predicted molar refractivity (Wildman–Crippen MR) is 81.5 cm³/mol. The van der Waals surface area contributed by atoms with E-state index in [9.17, 15) is 4.79 Å². The van der Waals surface area contributed by atoms with E-state index in [1.807, 2.05) is 49.6 Å². The summed E-state index contributed by atoms with van der Waals surface area (Å²) in [7, 11) is 0. The lowest BCUT2D eigenvalue weighted by atomic mass is 10.1. The molecule has 0 aliphatic carbocycles. The quantitative estimate of drug-likeness (QED) is 0.679. The molecule has 2 rings (SSSR count). The van der Waals surface area contributed by atoms with E-state index in [0.29, 0.717) is 0 Å². The molecule has 0 aliphatic heterocycles. The number of carbonyl (C=O) groups excluding carboxylic acids is 1. The molecule has 0 spiro atoms. The molecular weight excluding hydrogens is 272 g/mol. The second-order valence-electron chi connectivity index (χ2n) is 4.37. The van der Waals surface area contributed by atoms with Crippen LogP contribution in [0.15, 0.2) is 40.8 Å². The van der Waals surface area contributed by atoms with Crippen LogP contribution in [0.4, 0.5) is 0 Å². The van der Waals surface area contributed by atoms with Crippen LogP contribution in [0.25, 0.3) is 0 Å². The van der Waals surface area contributed by atoms with Gasteiger partial charge in [0, 0.05) is 4.88 Å². The first kappa shape index (κ1) is 14.3. The van der Waals surface area contributed by atoms with E-state index in [1.54, 1.807) is 17.6 Å². The Bertz CT molecular complexity index is 606. The number of nitrogens with zero attached hydrogens (tertiary/aromatic N) is 1. The van der Waals surface area contributed by atoms with Crippen molar-refractivity contribution in [3.63, 3.8) is 0 Å². The largest absolute Gasteiger partial charge is 0.483 e. The fourth-order valence-electron chi connectivity index (χ4n) is 1.57. The average molecular weight is 288 g/mol. The molecule has 0 saturated heterocycles. The number of hydrazone groups is 1. The number of amides is 1. The van der Waals surface area contributed by atoms with Gasteiger partial charge in [-0.15, -0.1) is 11.3 Å². The zero-order valence-electron chi connectivity index (χ0n) is 11.4. The molecule has 0 saturated carbocycles. The number of ether oxygens (including phenoxy) is 1.